The molecule has 106 valence electrons. The first-order valence-electron chi connectivity index (χ1n) is 6.40. The second-order valence-electron chi connectivity index (χ2n) is 4.82. The minimum Gasteiger partial charge on any atom is -0.495 e. The summed E-state index contributed by atoms with van der Waals surface area (Å²) in [6.07, 6.45) is 1.58. The molecule has 2 rings (SSSR count). The Hall–Kier alpha value is -1.27. The number of anilines is 1. The van der Waals surface area contributed by atoms with Crippen LogP contribution in [0.4, 0.5) is 5.69 Å². The molecule has 5 nitrogen and oxygen atoms in total. The third kappa shape index (κ3) is 3.39. The lowest BCUT2D eigenvalue weighted by Gasteiger charge is -2.24. The first-order valence-corrected chi connectivity index (χ1v) is 7.94. The summed E-state index contributed by atoms with van der Waals surface area (Å²) in [7, 11) is -1.85. The zero-order chi connectivity index (χ0) is 13.9. The Morgan fingerprint density at radius 3 is 2.84 bits per heavy atom. The van der Waals surface area contributed by atoms with Crippen molar-refractivity contribution in [1.82, 2.24) is 5.32 Å². The lowest BCUT2D eigenvalue weighted by Crippen LogP contribution is -2.41. The third-order valence-corrected chi connectivity index (χ3v) is 5.08. The van der Waals surface area contributed by atoms with E-state index >= 15 is 0 Å². The molecule has 0 aromatic heterocycles. The summed E-state index contributed by atoms with van der Waals surface area (Å²) in [6, 6.07) is 5.44. The molecule has 0 aliphatic carbocycles. The van der Waals surface area contributed by atoms with Crippen LogP contribution in [0, 0.1) is 6.92 Å². The highest BCUT2D eigenvalue weighted by Crippen LogP contribution is 2.27. The summed E-state index contributed by atoms with van der Waals surface area (Å²) in [4.78, 5) is 0. The molecule has 0 saturated carbocycles. The highest BCUT2D eigenvalue weighted by Gasteiger charge is 2.27. The molecule has 1 unspecified atom stereocenters. The Morgan fingerprint density at radius 2 is 2.21 bits per heavy atom. The van der Waals surface area contributed by atoms with Crippen LogP contribution in [0.1, 0.15) is 18.4 Å². The molecule has 1 atom stereocenters. The number of hydrogen-bond donors (Lipinski definition) is 2. The minimum atomic E-state index is -3.38. The van der Waals surface area contributed by atoms with Gasteiger partial charge in [-0.1, -0.05) is 6.07 Å². The number of aryl methyl sites for hydroxylation is 1. The summed E-state index contributed by atoms with van der Waals surface area (Å²) in [6.45, 7) is 3.31. The number of methoxy groups -OCH3 is 1. The smallest absolute Gasteiger partial charge is 0.236 e. The normalized spacial score (nSPS) is 20.0. The van der Waals surface area contributed by atoms with E-state index in [1.807, 2.05) is 13.0 Å². The highest BCUT2D eigenvalue weighted by atomic mass is 32.2. The average molecular weight is 284 g/mol. The van der Waals surface area contributed by atoms with Gasteiger partial charge in [0, 0.05) is 6.54 Å². The van der Waals surface area contributed by atoms with Crippen molar-refractivity contribution in [1.29, 1.82) is 0 Å². The van der Waals surface area contributed by atoms with E-state index in [2.05, 4.69) is 10.0 Å². The number of ether oxygens (including phenoxy) is 1. The van der Waals surface area contributed by atoms with E-state index in [0.29, 0.717) is 24.4 Å². The number of piperidine rings is 1. The molecular formula is C13H20N2O3S. The predicted molar refractivity (Wildman–Crippen MR) is 76.2 cm³/mol. The third-order valence-electron chi connectivity index (χ3n) is 3.30. The molecule has 1 fully saturated rings. The summed E-state index contributed by atoms with van der Waals surface area (Å²) in [5, 5.41) is 2.73. The molecule has 0 amide bonds. The van der Waals surface area contributed by atoms with Crippen molar-refractivity contribution in [3.05, 3.63) is 23.8 Å². The fourth-order valence-corrected chi connectivity index (χ4v) is 3.67. The number of hydrogen-bond acceptors (Lipinski definition) is 4. The van der Waals surface area contributed by atoms with Crippen molar-refractivity contribution >= 4 is 15.7 Å². The lowest BCUT2D eigenvalue weighted by atomic mass is 10.2. The molecule has 1 aromatic rings. The molecule has 2 N–H and O–H groups in total. The SMILES string of the molecule is COc1ccc(C)cc1NS(=O)(=O)C1CCCNC1. The molecule has 1 heterocycles. The van der Waals surface area contributed by atoms with E-state index in [4.69, 9.17) is 4.74 Å². The first-order chi connectivity index (χ1) is 9.03. The number of nitrogens with one attached hydrogen (secondary N) is 2. The number of sulfonamides is 1. The zero-order valence-corrected chi connectivity index (χ0v) is 12.1. The van der Waals surface area contributed by atoms with Crippen LogP contribution < -0.4 is 14.8 Å². The fraction of sp³-hybridized carbons (Fsp3) is 0.538. The molecule has 6 heteroatoms. The maximum absolute atomic E-state index is 12.3. The van der Waals surface area contributed by atoms with Gasteiger partial charge >= 0.3 is 0 Å². The molecule has 1 saturated heterocycles. The predicted octanol–water partition coefficient (Wildman–Crippen LogP) is 1.50. The molecule has 1 aliphatic heterocycles. The molecule has 1 aliphatic rings. The molecule has 0 bridgehead atoms. The van der Waals surface area contributed by atoms with E-state index < -0.39 is 10.0 Å². The van der Waals surface area contributed by atoms with Crippen LogP contribution in [0.5, 0.6) is 5.75 Å². The van der Waals surface area contributed by atoms with E-state index in [-0.39, 0.29) is 5.25 Å². The van der Waals surface area contributed by atoms with Crippen LogP contribution in [0.15, 0.2) is 18.2 Å². The van der Waals surface area contributed by atoms with Crippen molar-refractivity contribution in [2.45, 2.75) is 25.0 Å². The van der Waals surface area contributed by atoms with Crippen LogP contribution in [-0.4, -0.2) is 33.9 Å². The van der Waals surface area contributed by atoms with Gasteiger partial charge in [-0.2, -0.15) is 0 Å². The van der Waals surface area contributed by atoms with Crippen molar-refractivity contribution in [2.24, 2.45) is 0 Å². The van der Waals surface area contributed by atoms with Crippen LogP contribution in [-0.2, 0) is 10.0 Å². The Bertz CT molecular complexity index is 537. The lowest BCUT2D eigenvalue weighted by molar-refractivity contribution is 0.416. The minimum absolute atomic E-state index is 0.383. The molecule has 0 radical (unpaired) electrons. The monoisotopic (exact) mass is 284 g/mol. The molecule has 1 aromatic carbocycles. The van der Waals surface area contributed by atoms with Crippen molar-refractivity contribution in [3.8, 4) is 5.75 Å². The van der Waals surface area contributed by atoms with Gasteiger partial charge in [0.15, 0.2) is 0 Å². The fourth-order valence-electron chi connectivity index (χ4n) is 2.22. The summed E-state index contributed by atoms with van der Waals surface area (Å²) < 4.78 is 32.5. The van der Waals surface area contributed by atoms with Gasteiger partial charge in [0.05, 0.1) is 18.0 Å². The van der Waals surface area contributed by atoms with Gasteiger partial charge in [-0.25, -0.2) is 8.42 Å². The topological polar surface area (TPSA) is 67.4 Å². The van der Waals surface area contributed by atoms with Gasteiger partial charge in [-0.05, 0) is 44.0 Å². The van der Waals surface area contributed by atoms with Crippen LogP contribution in [0.25, 0.3) is 0 Å². The summed E-state index contributed by atoms with van der Waals surface area (Å²) >= 11 is 0. The first kappa shape index (κ1) is 14.1. The Morgan fingerprint density at radius 1 is 1.42 bits per heavy atom. The Kier molecular flexibility index (Phi) is 4.31. The average Bonchev–Trinajstić information content (AvgIpc) is 2.39. The van der Waals surface area contributed by atoms with Crippen molar-refractivity contribution in [3.63, 3.8) is 0 Å². The summed E-state index contributed by atoms with van der Waals surface area (Å²) in [5.41, 5.74) is 1.49. The van der Waals surface area contributed by atoms with Gasteiger partial charge < -0.3 is 10.1 Å². The van der Waals surface area contributed by atoms with Gasteiger partial charge in [0.2, 0.25) is 10.0 Å². The van der Waals surface area contributed by atoms with Crippen LogP contribution >= 0.6 is 0 Å². The van der Waals surface area contributed by atoms with Crippen molar-refractivity contribution < 1.29 is 13.2 Å². The van der Waals surface area contributed by atoms with Gasteiger partial charge in [-0.15, -0.1) is 0 Å². The van der Waals surface area contributed by atoms with E-state index in [0.717, 1.165) is 18.5 Å². The van der Waals surface area contributed by atoms with Gasteiger partial charge in [0.1, 0.15) is 5.75 Å². The van der Waals surface area contributed by atoms with Gasteiger partial charge in [0.25, 0.3) is 0 Å². The summed E-state index contributed by atoms with van der Waals surface area (Å²) in [5.74, 6) is 0.540. The standard InChI is InChI=1S/C13H20N2O3S/c1-10-5-6-13(18-2)12(8-10)15-19(16,17)11-4-3-7-14-9-11/h5-6,8,11,14-15H,3-4,7,9H2,1-2H3. The second-order valence-corrected chi connectivity index (χ2v) is 6.78. The highest BCUT2D eigenvalue weighted by molar-refractivity contribution is 7.93. The molecule has 0 spiro atoms. The maximum Gasteiger partial charge on any atom is 0.236 e. The van der Waals surface area contributed by atoms with E-state index in [9.17, 15) is 8.42 Å². The number of benzene rings is 1. The molecule has 19 heavy (non-hydrogen) atoms. The molecular weight excluding hydrogens is 264 g/mol. The van der Waals surface area contributed by atoms with Crippen LogP contribution in [0.2, 0.25) is 0 Å². The van der Waals surface area contributed by atoms with Crippen molar-refractivity contribution in [2.75, 3.05) is 24.9 Å². The quantitative estimate of drug-likeness (QED) is 0.879. The Labute approximate surface area is 114 Å². The number of rotatable bonds is 4. The largest absolute Gasteiger partial charge is 0.495 e. The Balaban J connectivity index is 2.21. The van der Waals surface area contributed by atoms with Crippen LogP contribution in [0.3, 0.4) is 0 Å². The van der Waals surface area contributed by atoms with E-state index in [1.54, 1.807) is 12.1 Å². The zero-order valence-electron chi connectivity index (χ0n) is 11.3. The second kappa shape index (κ2) is 5.79. The maximum atomic E-state index is 12.3. The van der Waals surface area contributed by atoms with E-state index in [1.165, 1.54) is 7.11 Å². The van der Waals surface area contributed by atoms with Gasteiger partial charge in [-0.3, -0.25) is 4.72 Å².